The third kappa shape index (κ3) is 14.1. The van der Waals surface area contributed by atoms with Crippen LogP contribution in [0.15, 0.2) is 37.4 Å². The van der Waals surface area contributed by atoms with E-state index in [9.17, 15) is 4.79 Å². The molecular weight excluding hydrogens is 404 g/mol. The first kappa shape index (κ1) is 31.1. The van der Waals surface area contributed by atoms with Crippen molar-refractivity contribution in [1.82, 2.24) is 10.2 Å². The Balaban J connectivity index is 0.000000468. The number of hydrogen-bond acceptors (Lipinski definition) is 2. The molecule has 2 rings (SSSR count). The van der Waals surface area contributed by atoms with Gasteiger partial charge in [0.2, 0.25) is 5.91 Å². The lowest BCUT2D eigenvalue weighted by Crippen LogP contribution is -2.34. The molecule has 1 heterocycles. The van der Waals surface area contributed by atoms with Crippen LogP contribution in [0, 0.1) is 18.8 Å². The summed E-state index contributed by atoms with van der Waals surface area (Å²) in [6.07, 6.45) is 10.2. The molecule has 2 atom stereocenters. The van der Waals surface area contributed by atoms with Crippen molar-refractivity contribution in [3.63, 3.8) is 0 Å². The molecule has 0 spiro atoms. The number of rotatable bonds is 9. The Labute approximate surface area is 205 Å². The van der Waals surface area contributed by atoms with E-state index in [0.717, 1.165) is 24.3 Å². The molecule has 0 saturated carbocycles. The average Bonchev–Trinajstić information content (AvgIpc) is 2.83. The van der Waals surface area contributed by atoms with Crippen LogP contribution < -0.4 is 5.32 Å². The van der Waals surface area contributed by atoms with E-state index in [2.05, 4.69) is 83.1 Å². The SMILES string of the molecule is C=C(C)c1ccc(C)cc1CC.C=CC(C)CCC(=O)NC.CCCC1CCCN(CC)C1. The largest absolute Gasteiger partial charge is 0.359 e. The summed E-state index contributed by atoms with van der Waals surface area (Å²) in [6.45, 7) is 24.5. The van der Waals surface area contributed by atoms with Crippen molar-refractivity contribution in [1.29, 1.82) is 0 Å². The molecule has 188 valence electrons. The molecule has 3 nitrogen and oxygen atoms in total. The van der Waals surface area contributed by atoms with Gasteiger partial charge in [0.25, 0.3) is 0 Å². The van der Waals surface area contributed by atoms with Gasteiger partial charge >= 0.3 is 0 Å². The van der Waals surface area contributed by atoms with E-state index in [1.165, 1.54) is 62.0 Å². The lowest BCUT2D eigenvalue weighted by molar-refractivity contribution is -0.120. The number of carbonyl (C=O) groups is 1. The first-order valence-corrected chi connectivity index (χ1v) is 13.0. The van der Waals surface area contributed by atoms with E-state index in [-0.39, 0.29) is 5.91 Å². The van der Waals surface area contributed by atoms with Gasteiger partial charge < -0.3 is 10.2 Å². The van der Waals surface area contributed by atoms with E-state index in [1.54, 1.807) is 7.05 Å². The quantitative estimate of drug-likeness (QED) is 0.391. The van der Waals surface area contributed by atoms with E-state index in [0.29, 0.717) is 12.3 Å². The van der Waals surface area contributed by atoms with Gasteiger partial charge in [0.1, 0.15) is 0 Å². The van der Waals surface area contributed by atoms with Crippen molar-refractivity contribution < 1.29 is 4.79 Å². The minimum Gasteiger partial charge on any atom is -0.359 e. The summed E-state index contributed by atoms with van der Waals surface area (Å²) in [4.78, 5) is 13.3. The number of hydrogen-bond donors (Lipinski definition) is 1. The van der Waals surface area contributed by atoms with Crippen molar-refractivity contribution in [2.45, 2.75) is 86.5 Å². The second-order valence-corrected chi connectivity index (χ2v) is 9.41. The molecule has 1 aliphatic rings. The molecular formula is C30H52N2O. The van der Waals surface area contributed by atoms with Crippen molar-refractivity contribution >= 4 is 11.5 Å². The maximum atomic E-state index is 10.7. The summed E-state index contributed by atoms with van der Waals surface area (Å²) < 4.78 is 0. The van der Waals surface area contributed by atoms with Gasteiger partial charge in [-0.1, -0.05) is 76.1 Å². The van der Waals surface area contributed by atoms with E-state index >= 15 is 0 Å². The molecule has 1 aromatic carbocycles. The van der Waals surface area contributed by atoms with E-state index in [1.807, 2.05) is 6.08 Å². The number of allylic oxidation sites excluding steroid dienone is 2. The Morgan fingerprint density at radius 2 is 2.00 bits per heavy atom. The van der Waals surface area contributed by atoms with Gasteiger partial charge in [0.05, 0.1) is 0 Å². The molecule has 1 fully saturated rings. The average molecular weight is 457 g/mol. The summed E-state index contributed by atoms with van der Waals surface area (Å²) >= 11 is 0. The zero-order valence-electron chi connectivity index (χ0n) is 22.8. The second kappa shape index (κ2) is 18.5. The number of likely N-dealkylation sites (tertiary alicyclic amines) is 1. The maximum Gasteiger partial charge on any atom is 0.219 e. The molecule has 3 heteroatoms. The van der Waals surface area contributed by atoms with Crippen LogP contribution in [0.5, 0.6) is 0 Å². The van der Waals surface area contributed by atoms with Crippen LogP contribution >= 0.6 is 0 Å². The topological polar surface area (TPSA) is 32.3 Å². The van der Waals surface area contributed by atoms with Crippen molar-refractivity contribution in [2.75, 3.05) is 26.7 Å². The Morgan fingerprint density at radius 3 is 2.52 bits per heavy atom. The monoisotopic (exact) mass is 456 g/mol. The van der Waals surface area contributed by atoms with Gasteiger partial charge in [-0.05, 0) is 82.0 Å². The second-order valence-electron chi connectivity index (χ2n) is 9.41. The molecule has 1 saturated heterocycles. The smallest absolute Gasteiger partial charge is 0.219 e. The number of benzene rings is 1. The molecule has 0 aliphatic carbocycles. The highest BCUT2D eigenvalue weighted by atomic mass is 16.1. The highest BCUT2D eigenvalue weighted by Gasteiger charge is 2.17. The summed E-state index contributed by atoms with van der Waals surface area (Å²) in [5.41, 5.74) is 5.20. The molecule has 1 amide bonds. The number of nitrogens with one attached hydrogen (secondary N) is 1. The number of carbonyl (C=O) groups excluding carboxylic acids is 1. The van der Waals surface area contributed by atoms with Gasteiger partial charge in [-0.15, -0.1) is 6.58 Å². The Morgan fingerprint density at radius 1 is 1.30 bits per heavy atom. The molecule has 0 radical (unpaired) electrons. The highest BCUT2D eigenvalue weighted by Crippen LogP contribution is 2.20. The Bertz CT molecular complexity index is 693. The Kier molecular flexibility index (Phi) is 17.5. The minimum atomic E-state index is 0.105. The molecule has 1 aliphatic heterocycles. The minimum absolute atomic E-state index is 0.105. The molecule has 2 unspecified atom stereocenters. The molecule has 1 N–H and O–H groups in total. The fraction of sp³-hybridized carbons (Fsp3) is 0.633. The number of amides is 1. The summed E-state index contributed by atoms with van der Waals surface area (Å²) in [5.74, 6) is 1.56. The highest BCUT2D eigenvalue weighted by molar-refractivity contribution is 5.75. The lowest BCUT2D eigenvalue weighted by atomic mass is 9.94. The summed E-state index contributed by atoms with van der Waals surface area (Å²) in [5, 5.41) is 2.57. The zero-order chi connectivity index (χ0) is 25.2. The standard InChI is InChI=1S/C12H16.C10H21N.C8H15NO/c1-5-11-8-10(4)6-7-12(11)9(2)3;1-3-6-10-7-5-8-11(4-2)9-10;1-4-7(2)5-6-8(10)9-3/h6-8H,2,5H2,1,3-4H3;10H,3-9H2,1-2H3;4,7H,1,5-6H2,2-3H3,(H,9,10). The van der Waals surface area contributed by atoms with E-state index in [4.69, 9.17) is 0 Å². The van der Waals surface area contributed by atoms with Crippen LogP contribution in [0.2, 0.25) is 0 Å². The third-order valence-electron chi connectivity index (χ3n) is 6.36. The van der Waals surface area contributed by atoms with Gasteiger partial charge in [0, 0.05) is 20.0 Å². The van der Waals surface area contributed by atoms with Crippen LogP contribution in [0.25, 0.3) is 5.57 Å². The van der Waals surface area contributed by atoms with Gasteiger partial charge in [-0.2, -0.15) is 0 Å². The number of aryl methyl sites for hydroxylation is 2. The van der Waals surface area contributed by atoms with Crippen LogP contribution in [-0.4, -0.2) is 37.5 Å². The molecule has 0 aromatic heterocycles. The first-order valence-electron chi connectivity index (χ1n) is 13.0. The predicted octanol–water partition coefficient (Wildman–Crippen LogP) is 7.44. The third-order valence-corrected chi connectivity index (χ3v) is 6.36. The molecule has 0 bridgehead atoms. The molecule has 33 heavy (non-hydrogen) atoms. The Hall–Kier alpha value is -1.87. The summed E-state index contributed by atoms with van der Waals surface area (Å²) in [6, 6.07) is 6.55. The normalized spacial score (nSPS) is 16.4. The zero-order valence-corrected chi connectivity index (χ0v) is 22.8. The van der Waals surface area contributed by atoms with Gasteiger partial charge in [-0.25, -0.2) is 0 Å². The van der Waals surface area contributed by atoms with Gasteiger partial charge in [-0.3, -0.25) is 4.79 Å². The van der Waals surface area contributed by atoms with Gasteiger partial charge in [0.15, 0.2) is 0 Å². The number of nitrogens with zero attached hydrogens (tertiary/aromatic N) is 1. The first-order chi connectivity index (χ1) is 15.7. The fourth-order valence-electron chi connectivity index (χ4n) is 4.12. The molecule has 1 aromatic rings. The van der Waals surface area contributed by atoms with Crippen molar-refractivity contribution in [3.05, 3.63) is 54.1 Å². The fourth-order valence-corrected chi connectivity index (χ4v) is 4.12. The number of piperidine rings is 1. The maximum absolute atomic E-state index is 10.7. The van der Waals surface area contributed by atoms with E-state index < -0.39 is 0 Å². The van der Waals surface area contributed by atoms with Crippen LogP contribution in [0.3, 0.4) is 0 Å². The van der Waals surface area contributed by atoms with Crippen LogP contribution in [-0.2, 0) is 11.2 Å². The summed E-state index contributed by atoms with van der Waals surface area (Å²) in [7, 11) is 1.65. The lowest BCUT2D eigenvalue weighted by Gasteiger charge is -2.31. The van der Waals surface area contributed by atoms with Crippen molar-refractivity contribution in [3.8, 4) is 0 Å². The van der Waals surface area contributed by atoms with Crippen LogP contribution in [0.1, 0.15) is 89.8 Å². The van der Waals surface area contributed by atoms with Crippen LogP contribution in [0.4, 0.5) is 0 Å². The van der Waals surface area contributed by atoms with Crippen molar-refractivity contribution in [2.24, 2.45) is 11.8 Å². The predicted molar refractivity (Wildman–Crippen MR) is 148 cm³/mol.